The van der Waals surface area contributed by atoms with E-state index in [4.69, 9.17) is 5.73 Å². The first kappa shape index (κ1) is 17.1. The van der Waals surface area contributed by atoms with Gasteiger partial charge in [0.25, 0.3) is 0 Å². The first-order valence-corrected chi connectivity index (χ1v) is 9.38. The molecule has 4 aliphatic rings. The SMILES string of the molecule is CC(=O)N(C(=O)C(=O)NC12CC3CC(CC(C3)C1)C2)c1cccc(N)c1. The third-order valence-electron chi connectivity index (χ3n) is 6.26. The Morgan fingerprint density at radius 3 is 2.15 bits per heavy atom. The number of hydrogen-bond donors (Lipinski definition) is 2. The molecule has 6 heteroatoms. The summed E-state index contributed by atoms with van der Waals surface area (Å²) in [4.78, 5) is 38.5. The number of benzene rings is 1. The summed E-state index contributed by atoms with van der Waals surface area (Å²) in [5, 5.41) is 3.03. The molecule has 1 aromatic rings. The molecule has 0 spiro atoms. The van der Waals surface area contributed by atoms with Crippen LogP contribution in [0.4, 0.5) is 11.4 Å². The Morgan fingerprint density at radius 1 is 1.08 bits per heavy atom. The number of rotatable bonds is 2. The highest BCUT2D eigenvalue weighted by molar-refractivity contribution is 6.45. The lowest BCUT2D eigenvalue weighted by Crippen LogP contribution is -2.62. The predicted octanol–water partition coefficient (Wildman–Crippen LogP) is 2.23. The Morgan fingerprint density at radius 2 is 1.65 bits per heavy atom. The molecule has 4 fully saturated rings. The van der Waals surface area contributed by atoms with Crippen molar-refractivity contribution in [3.05, 3.63) is 24.3 Å². The second kappa shape index (κ2) is 6.11. The zero-order valence-electron chi connectivity index (χ0n) is 15.0. The van der Waals surface area contributed by atoms with Gasteiger partial charge in [0.05, 0.1) is 5.69 Å². The summed E-state index contributed by atoms with van der Waals surface area (Å²) in [5.74, 6) is -0.0388. The van der Waals surface area contributed by atoms with Crippen LogP contribution in [0.25, 0.3) is 0 Å². The van der Waals surface area contributed by atoms with Crippen molar-refractivity contribution in [3.8, 4) is 0 Å². The van der Waals surface area contributed by atoms with E-state index in [9.17, 15) is 14.4 Å². The van der Waals surface area contributed by atoms with Gasteiger partial charge in [0.15, 0.2) is 0 Å². The van der Waals surface area contributed by atoms with E-state index >= 15 is 0 Å². The minimum atomic E-state index is -0.834. The first-order chi connectivity index (χ1) is 12.3. The van der Waals surface area contributed by atoms with Crippen LogP contribution in [0.5, 0.6) is 0 Å². The molecule has 0 unspecified atom stereocenters. The van der Waals surface area contributed by atoms with Gasteiger partial charge in [0, 0.05) is 18.2 Å². The van der Waals surface area contributed by atoms with Crippen molar-refractivity contribution in [3.63, 3.8) is 0 Å². The maximum Gasteiger partial charge on any atom is 0.323 e. The summed E-state index contributed by atoms with van der Waals surface area (Å²) in [6.45, 7) is 1.28. The van der Waals surface area contributed by atoms with Crippen LogP contribution in [0.2, 0.25) is 0 Å². The zero-order chi connectivity index (χ0) is 18.5. The number of nitrogens with zero attached hydrogens (tertiary/aromatic N) is 1. The molecule has 0 saturated heterocycles. The quantitative estimate of drug-likeness (QED) is 0.628. The molecule has 4 aliphatic carbocycles. The monoisotopic (exact) mass is 355 g/mol. The van der Waals surface area contributed by atoms with Crippen LogP contribution in [0.3, 0.4) is 0 Å². The third-order valence-corrected chi connectivity index (χ3v) is 6.26. The van der Waals surface area contributed by atoms with Crippen LogP contribution in [0.15, 0.2) is 24.3 Å². The number of nitrogens with one attached hydrogen (secondary N) is 1. The molecule has 4 saturated carbocycles. The van der Waals surface area contributed by atoms with Crippen LogP contribution in [0, 0.1) is 17.8 Å². The fraction of sp³-hybridized carbons (Fsp3) is 0.550. The Balaban J connectivity index is 1.53. The summed E-state index contributed by atoms with van der Waals surface area (Å²) in [6, 6.07) is 6.46. The minimum Gasteiger partial charge on any atom is -0.399 e. The molecule has 0 aliphatic heterocycles. The molecule has 0 radical (unpaired) electrons. The van der Waals surface area contributed by atoms with Gasteiger partial charge in [-0.3, -0.25) is 14.4 Å². The Hall–Kier alpha value is -2.37. The first-order valence-electron chi connectivity index (χ1n) is 9.38. The lowest BCUT2D eigenvalue weighted by Gasteiger charge is -2.56. The Labute approximate surface area is 153 Å². The van der Waals surface area contributed by atoms with Crippen molar-refractivity contribution >= 4 is 29.1 Å². The molecule has 6 nitrogen and oxygen atoms in total. The topological polar surface area (TPSA) is 92.5 Å². The van der Waals surface area contributed by atoms with E-state index in [1.165, 1.54) is 32.3 Å². The van der Waals surface area contributed by atoms with E-state index in [1.54, 1.807) is 18.2 Å². The predicted molar refractivity (Wildman–Crippen MR) is 98.1 cm³/mol. The van der Waals surface area contributed by atoms with E-state index in [2.05, 4.69) is 5.32 Å². The van der Waals surface area contributed by atoms with Crippen LogP contribution >= 0.6 is 0 Å². The van der Waals surface area contributed by atoms with Gasteiger partial charge in [0.1, 0.15) is 0 Å². The number of amides is 3. The highest BCUT2D eigenvalue weighted by atomic mass is 16.2. The number of hydrogen-bond acceptors (Lipinski definition) is 4. The zero-order valence-corrected chi connectivity index (χ0v) is 15.0. The number of carbonyl (C=O) groups excluding carboxylic acids is 3. The van der Waals surface area contributed by atoms with Crippen LogP contribution in [0.1, 0.15) is 45.4 Å². The largest absolute Gasteiger partial charge is 0.399 e. The summed E-state index contributed by atoms with van der Waals surface area (Å²) >= 11 is 0. The average molecular weight is 355 g/mol. The van der Waals surface area contributed by atoms with Crippen LogP contribution < -0.4 is 16.0 Å². The Kier molecular flexibility index (Phi) is 4.01. The normalized spacial score (nSPS) is 31.5. The smallest absolute Gasteiger partial charge is 0.323 e. The van der Waals surface area contributed by atoms with Crippen LogP contribution in [-0.4, -0.2) is 23.3 Å². The van der Waals surface area contributed by atoms with Gasteiger partial charge in [-0.25, -0.2) is 4.90 Å². The molecule has 4 bridgehead atoms. The second-order valence-electron chi connectivity index (χ2n) is 8.41. The van der Waals surface area contributed by atoms with E-state index in [1.807, 2.05) is 0 Å². The van der Waals surface area contributed by atoms with Gasteiger partial charge >= 0.3 is 11.8 Å². The van der Waals surface area contributed by atoms with Crippen molar-refractivity contribution in [2.45, 2.75) is 51.0 Å². The van der Waals surface area contributed by atoms with Gasteiger partial charge in [-0.1, -0.05) is 6.07 Å². The number of carbonyl (C=O) groups is 3. The van der Waals surface area contributed by atoms with Crippen LogP contribution in [-0.2, 0) is 14.4 Å². The lowest BCUT2D eigenvalue weighted by atomic mass is 9.53. The van der Waals surface area contributed by atoms with Gasteiger partial charge in [-0.05, 0) is 74.5 Å². The van der Waals surface area contributed by atoms with Crippen molar-refractivity contribution in [2.24, 2.45) is 17.8 Å². The highest BCUT2D eigenvalue weighted by Crippen LogP contribution is 2.55. The lowest BCUT2D eigenvalue weighted by molar-refractivity contribution is -0.142. The van der Waals surface area contributed by atoms with Crippen molar-refractivity contribution in [1.82, 2.24) is 5.32 Å². The van der Waals surface area contributed by atoms with E-state index in [0.717, 1.165) is 24.2 Å². The number of anilines is 2. The summed E-state index contributed by atoms with van der Waals surface area (Å²) < 4.78 is 0. The van der Waals surface area contributed by atoms with Gasteiger partial charge in [-0.2, -0.15) is 0 Å². The number of nitrogen functional groups attached to an aromatic ring is 1. The maximum atomic E-state index is 12.8. The summed E-state index contributed by atoms with van der Waals surface area (Å²) in [7, 11) is 0. The summed E-state index contributed by atoms with van der Waals surface area (Å²) in [6.07, 6.45) is 6.63. The van der Waals surface area contributed by atoms with E-state index in [-0.39, 0.29) is 5.54 Å². The highest BCUT2D eigenvalue weighted by Gasteiger charge is 2.52. The molecule has 26 heavy (non-hydrogen) atoms. The van der Waals surface area contributed by atoms with Crippen molar-refractivity contribution < 1.29 is 14.4 Å². The van der Waals surface area contributed by atoms with E-state index in [0.29, 0.717) is 29.1 Å². The second-order valence-corrected chi connectivity index (χ2v) is 8.41. The number of imide groups is 1. The fourth-order valence-electron chi connectivity index (χ4n) is 5.77. The average Bonchev–Trinajstić information content (AvgIpc) is 2.52. The number of nitrogens with two attached hydrogens (primary N) is 1. The molecular formula is C20H25N3O3. The fourth-order valence-corrected chi connectivity index (χ4v) is 5.77. The molecule has 138 valence electrons. The molecule has 1 aromatic carbocycles. The van der Waals surface area contributed by atoms with Crippen molar-refractivity contribution in [2.75, 3.05) is 10.6 Å². The molecule has 3 N–H and O–H groups in total. The Bertz CT molecular complexity index is 738. The molecule has 5 rings (SSSR count). The molecule has 3 amide bonds. The molecule has 0 atom stereocenters. The molecule has 0 heterocycles. The summed E-state index contributed by atoms with van der Waals surface area (Å²) in [5.41, 5.74) is 6.25. The van der Waals surface area contributed by atoms with Gasteiger partial charge < -0.3 is 11.1 Å². The standard InChI is InChI=1S/C20H25N3O3/c1-12(24)23(17-4-2-3-16(21)8-17)19(26)18(25)22-20-9-13-5-14(10-20)7-15(6-13)11-20/h2-4,8,13-15H,5-7,9-11,21H2,1H3,(H,22,25). The van der Waals surface area contributed by atoms with Gasteiger partial charge in [0.2, 0.25) is 5.91 Å². The minimum absolute atomic E-state index is 0.264. The molecular weight excluding hydrogens is 330 g/mol. The van der Waals surface area contributed by atoms with Gasteiger partial charge in [-0.15, -0.1) is 0 Å². The van der Waals surface area contributed by atoms with E-state index < -0.39 is 17.7 Å². The third kappa shape index (κ3) is 2.97. The maximum absolute atomic E-state index is 12.8. The molecule has 0 aromatic heterocycles. The van der Waals surface area contributed by atoms with Crippen molar-refractivity contribution in [1.29, 1.82) is 0 Å².